The number of ether oxygens (including phenoxy) is 2. The number of benzene rings is 2. The summed E-state index contributed by atoms with van der Waals surface area (Å²) < 4.78 is 11.8. The molecule has 1 aromatic heterocycles. The smallest absolute Gasteiger partial charge is 0.360 e. The summed E-state index contributed by atoms with van der Waals surface area (Å²) >= 11 is 5.93. The van der Waals surface area contributed by atoms with Gasteiger partial charge in [-0.15, -0.1) is 0 Å². The molecular formula is C20H18ClN3O4. The van der Waals surface area contributed by atoms with Gasteiger partial charge in [-0.2, -0.15) is 5.10 Å². The summed E-state index contributed by atoms with van der Waals surface area (Å²) in [6, 6.07) is 14.1. The zero-order valence-corrected chi connectivity index (χ0v) is 16.1. The Morgan fingerprint density at radius 1 is 1.18 bits per heavy atom. The van der Waals surface area contributed by atoms with Crippen molar-refractivity contribution < 1.29 is 19.1 Å². The van der Waals surface area contributed by atoms with Crippen molar-refractivity contribution in [3.63, 3.8) is 0 Å². The number of nitrogens with zero attached hydrogens (tertiary/aromatic N) is 2. The molecule has 1 amide bonds. The van der Waals surface area contributed by atoms with Gasteiger partial charge in [0.05, 0.1) is 12.8 Å². The average molecular weight is 400 g/mol. The van der Waals surface area contributed by atoms with E-state index in [1.165, 1.54) is 18.0 Å². The van der Waals surface area contributed by atoms with Crippen LogP contribution in [0.1, 0.15) is 26.4 Å². The van der Waals surface area contributed by atoms with Crippen LogP contribution in [-0.4, -0.2) is 28.8 Å². The second-order valence-electron chi connectivity index (χ2n) is 5.95. The lowest BCUT2D eigenvalue weighted by Crippen LogP contribution is -2.14. The third-order valence-corrected chi connectivity index (χ3v) is 4.11. The highest BCUT2D eigenvalue weighted by Gasteiger charge is 2.19. The molecule has 0 bridgehead atoms. The number of hydrogen-bond acceptors (Lipinski definition) is 5. The molecule has 0 fully saturated rings. The molecule has 0 spiro atoms. The van der Waals surface area contributed by atoms with Crippen LogP contribution in [0.15, 0.2) is 54.7 Å². The van der Waals surface area contributed by atoms with Crippen LogP contribution < -0.4 is 10.1 Å². The van der Waals surface area contributed by atoms with Gasteiger partial charge in [-0.3, -0.25) is 9.48 Å². The highest BCUT2D eigenvalue weighted by molar-refractivity contribution is 6.30. The van der Waals surface area contributed by atoms with Gasteiger partial charge in [0.1, 0.15) is 12.4 Å². The third-order valence-electron chi connectivity index (χ3n) is 3.87. The first-order chi connectivity index (χ1) is 13.5. The maximum atomic E-state index is 12.5. The fraction of sp³-hybridized carbons (Fsp3) is 0.150. The van der Waals surface area contributed by atoms with Crippen LogP contribution in [0, 0.1) is 0 Å². The number of hydrogen-bond donors (Lipinski definition) is 1. The minimum absolute atomic E-state index is 0.0462. The van der Waals surface area contributed by atoms with Gasteiger partial charge < -0.3 is 14.8 Å². The van der Waals surface area contributed by atoms with E-state index in [1.54, 1.807) is 43.4 Å². The molecule has 0 radical (unpaired) electrons. The van der Waals surface area contributed by atoms with Gasteiger partial charge in [-0.25, -0.2) is 4.79 Å². The van der Waals surface area contributed by atoms with Crippen molar-refractivity contribution in [2.24, 2.45) is 7.05 Å². The molecule has 28 heavy (non-hydrogen) atoms. The van der Waals surface area contributed by atoms with Crippen molar-refractivity contribution in [1.29, 1.82) is 0 Å². The summed E-state index contributed by atoms with van der Waals surface area (Å²) in [7, 11) is 2.91. The topological polar surface area (TPSA) is 82.5 Å². The Bertz CT molecular complexity index is 999. The maximum absolute atomic E-state index is 12.5. The van der Waals surface area contributed by atoms with Crippen LogP contribution in [0.4, 0.5) is 5.69 Å². The highest BCUT2D eigenvalue weighted by Crippen LogP contribution is 2.19. The molecule has 0 aliphatic rings. The number of aromatic nitrogens is 2. The normalized spacial score (nSPS) is 10.4. The summed E-state index contributed by atoms with van der Waals surface area (Å²) in [5.41, 5.74) is 1.66. The van der Waals surface area contributed by atoms with Crippen molar-refractivity contribution in [3.05, 3.63) is 76.6 Å². The van der Waals surface area contributed by atoms with E-state index >= 15 is 0 Å². The maximum Gasteiger partial charge on any atom is 0.360 e. The first-order valence-electron chi connectivity index (χ1n) is 8.37. The number of halogens is 1. The molecule has 1 N–H and O–H groups in total. The Kier molecular flexibility index (Phi) is 5.96. The number of nitrogens with one attached hydrogen (secondary N) is 1. The molecule has 0 atom stereocenters. The van der Waals surface area contributed by atoms with Crippen LogP contribution in [0.3, 0.4) is 0 Å². The van der Waals surface area contributed by atoms with E-state index in [-0.39, 0.29) is 17.3 Å². The molecule has 0 aliphatic carbocycles. The van der Waals surface area contributed by atoms with E-state index in [0.29, 0.717) is 22.9 Å². The number of rotatable bonds is 6. The van der Waals surface area contributed by atoms with Crippen molar-refractivity contribution in [2.45, 2.75) is 6.61 Å². The second kappa shape index (κ2) is 8.58. The molecule has 1 heterocycles. The Morgan fingerprint density at radius 3 is 2.61 bits per heavy atom. The van der Waals surface area contributed by atoms with E-state index in [0.717, 1.165) is 5.56 Å². The van der Waals surface area contributed by atoms with Crippen molar-refractivity contribution in [1.82, 2.24) is 9.78 Å². The summed E-state index contributed by atoms with van der Waals surface area (Å²) in [5.74, 6) is -0.314. The van der Waals surface area contributed by atoms with Gasteiger partial charge in [-0.05, 0) is 35.9 Å². The fourth-order valence-electron chi connectivity index (χ4n) is 2.50. The number of amides is 1. The molecule has 3 rings (SSSR count). The predicted octanol–water partition coefficient (Wildman–Crippen LogP) is 3.69. The molecule has 0 saturated heterocycles. The SMILES string of the molecule is COC(=O)c1nn(C)cc1NC(=O)c1ccc(COc2cccc(Cl)c2)cc1. The predicted molar refractivity (Wildman–Crippen MR) is 105 cm³/mol. The lowest BCUT2D eigenvalue weighted by Gasteiger charge is -2.08. The molecule has 0 unspecified atom stereocenters. The number of esters is 1. The minimum Gasteiger partial charge on any atom is -0.489 e. The quantitative estimate of drug-likeness (QED) is 0.639. The Morgan fingerprint density at radius 2 is 1.93 bits per heavy atom. The lowest BCUT2D eigenvalue weighted by molar-refractivity contribution is 0.0594. The van der Waals surface area contributed by atoms with Crippen LogP contribution in [0.25, 0.3) is 0 Å². The number of aryl methyl sites for hydroxylation is 1. The van der Waals surface area contributed by atoms with Crippen LogP contribution in [-0.2, 0) is 18.4 Å². The van der Waals surface area contributed by atoms with Gasteiger partial charge in [0, 0.05) is 23.8 Å². The first kappa shape index (κ1) is 19.4. The Hall–Kier alpha value is -3.32. The Labute approximate surface area is 166 Å². The van der Waals surface area contributed by atoms with E-state index in [4.69, 9.17) is 16.3 Å². The van der Waals surface area contributed by atoms with E-state index < -0.39 is 5.97 Å². The van der Waals surface area contributed by atoms with Crippen LogP contribution >= 0.6 is 11.6 Å². The largest absolute Gasteiger partial charge is 0.489 e. The van der Waals surface area contributed by atoms with Crippen molar-refractivity contribution in [3.8, 4) is 5.75 Å². The monoisotopic (exact) mass is 399 g/mol. The number of carbonyl (C=O) groups is 2. The van der Waals surface area contributed by atoms with E-state index in [1.807, 2.05) is 12.1 Å². The minimum atomic E-state index is -0.621. The standard InChI is InChI=1S/C20H18ClN3O4/c1-24-11-17(18(23-24)20(26)27-2)22-19(25)14-8-6-13(7-9-14)12-28-16-5-3-4-15(21)10-16/h3-11H,12H2,1-2H3,(H,22,25). The second-order valence-corrected chi connectivity index (χ2v) is 6.39. The molecule has 0 saturated carbocycles. The number of anilines is 1. The number of methoxy groups -OCH3 is 1. The van der Waals surface area contributed by atoms with Gasteiger partial charge in [0.15, 0.2) is 5.69 Å². The third kappa shape index (κ3) is 4.69. The molecule has 2 aromatic carbocycles. The lowest BCUT2D eigenvalue weighted by atomic mass is 10.1. The van der Waals surface area contributed by atoms with Gasteiger partial charge >= 0.3 is 5.97 Å². The average Bonchev–Trinajstić information content (AvgIpc) is 3.06. The van der Waals surface area contributed by atoms with Gasteiger partial charge in [0.2, 0.25) is 0 Å². The summed E-state index contributed by atoms with van der Waals surface area (Å²) in [5, 5.41) is 7.28. The zero-order chi connectivity index (χ0) is 20.1. The van der Waals surface area contributed by atoms with Gasteiger partial charge in [-0.1, -0.05) is 29.8 Å². The molecule has 144 valence electrons. The highest BCUT2D eigenvalue weighted by atomic mass is 35.5. The summed E-state index contributed by atoms with van der Waals surface area (Å²) in [6.07, 6.45) is 1.54. The molecule has 0 aliphatic heterocycles. The fourth-order valence-corrected chi connectivity index (χ4v) is 2.68. The van der Waals surface area contributed by atoms with Crippen molar-refractivity contribution in [2.75, 3.05) is 12.4 Å². The zero-order valence-electron chi connectivity index (χ0n) is 15.3. The summed E-state index contributed by atoms with van der Waals surface area (Å²) in [4.78, 5) is 24.2. The van der Waals surface area contributed by atoms with Crippen LogP contribution in [0.2, 0.25) is 5.02 Å². The van der Waals surface area contributed by atoms with Gasteiger partial charge in [0.25, 0.3) is 5.91 Å². The molecule has 7 nitrogen and oxygen atoms in total. The Balaban J connectivity index is 1.65. The van der Waals surface area contributed by atoms with Crippen LogP contribution in [0.5, 0.6) is 5.75 Å². The van der Waals surface area contributed by atoms with E-state index in [9.17, 15) is 9.59 Å². The van der Waals surface area contributed by atoms with Crippen molar-refractivity contribution >= 4 is 29.2 Å². The van der Waals surface area contributed by atoms with E-state index in [2.05, 4.69) is 15.2 Å². The molecular weight excluding hydrogens is 382 g/mol. The first-order valence-corrected chi connectivity index (χ1v) is 8.74. The molecule has 3 aromatic rings. The summed E-state index contributed by atoms with van der Waals surface area (Å²) in [6.45, 7) is 0.345. The number of carbonyl (C=O) groups excluding carboxylic acids is 2. The molecule has 8 heteroatoms.